The minimum Gasteiger partial charge on any atom is -0.382 e. The number of halogens is 2. The van der Waals surface area contributed by atoms with Crippen LogP contribution in [0.2, 0.25) is 0 Å². The molecule has 2 unspecified atom stereocenters. The lowest BCUT2D eigenvalue weighted by Gasteiger charge is -2.38. The zero-order chi connectivity index (χ0) is 14.6. The van der Waals surface area contributed by atoms with Crippen molar-refractivity contribution in [1.82, 2.24) is 0 Å². The summed E-state index contributed by atoms with van der Waals surface area (Å²) < 4.78 is 30.3. The predicted octanol–water partition coefficient (Wildman–Crippen LogP) is 4.76. The maximum Gasteiger partial charge on any atom is 0.288 e. The molecule has 1 aliphatic rings. The molecular weight excluding hydrogens is 280 g/mol. The van der Waals surface area contributed by atoms with E-state index in [0.717, 1.165) is 31.6 Å². The van der Waals surface area contributed by atoms with Gasteiger partial charge in [0.15, 0.2) is 0 Å². The summed E-state index contributed by atoms with van der Waals surface area (Å²) in [7, 11) is 0. The van der Waals surface area contributed by atoms with Gasteiger partial charge in [0.1, 0.15) is 0 Å². The topological polar surface area (TPSA) is 21.3 Å². The molecule has 5 heteroatoms. The second-order valence-corrected chi connectivity index (χ2v) is 6.45. The number of thioether (sulfide) groups is 1. The molecule has 0 radical (unpaired) electrons. The smallest absolute Gasteiger partial charge is 0.288 e. The van der Waals surface area contributed by atoms with E-state index in [1.807, 2.05) is 12.1 Å². The van der Waals surface area contributed by atoms with Crippen LogP contribution >= 0.6 is 11.8 Å². The molecule has 1 saturated heterocycles. The van der Waals surface area contributed by atoms with Gasteiger partial charge >= 0.3 is 0 Å². The predicted molar refractivity (Wildman–Crippen MR) is 79.6 cm³/mol. The molecule has 1 aliphatic heterocycles. The normalized spacial score (nSPS) is 26.8. The fourth-order valence-electron chi connectivity index (χ4n) is 2.47. The van der Waals surface area contributed by atoms with E-state index in [0.29, 0.717) is 22.7 Å². The fourth-order valence-corrected chi connectivity index (χ4v) is 2.97. The van der Waals surface area contributed by atoms with Crippen molar-refractivity contribution in [2.75, 3.05) is 11.9 Å². The van der Waals surface area contributed by atoms with Crippen molar-refractivity contribution in [3.05, 3.63) is 24.3 Å². The van der Waals surface area contributed by atoms with Crippen molar-refractivity contribution in [2.24, 2.45) is 0 Å². The first kappa shape index (κ1) is 15.6. The van der Waals surface area contributed by atoms with Crippen LogP contribution < -0.4 is 5.32 Å². The van der Waals surface area contributed by atoms with Gasteiger partial charge in [-0.25, -0.2) is 0 Å². The summed E-state index contributed by atoms with van der Waals surface area (Å²) in [6.45, 7) is 5.04. The lowest BCUT2D eigenvalue weighted by molar-refractivity contribution is -0.0708. The lowest BCUT2D eigenvalue weighted by atomic mass is 9.90. The molecule has 1 fully saturated rings. The number of benzene rings is 1. The van der Waals surface area contributed by atoms with Crippen LogP contribution in [0.3, 0.4) is 0 Å². The lowest BCUT2D eigenvalue weighted by Crippen LogP contribution is -2.41. The van der Waals surface area contributed by atoms with Gasteiger partial charge in [0.05, 0.1) is 5.60 Å². The number of nitrogens with one attached hydrogen (secondary N) is 1. The Morgan fingerprint density at radius 1 is 1.40 bits per heavy atom. The third-order valence-corrected chi connectivity index (χ3v) is 4.52. The summed E-state index contributed by atoms with van der Waals surface area (Å²) in [4.78, 5) is 0.593. The third kappa shape index (κ3) is 4.35. The fraction of sp³-hybridized carbons (Fsp3) is 0.600. The maximum absolute atomic E-state index is 12.3. The van der Waals surface area contributed by atoms with E-state index < -0.39 is 5.76 Å². The Morgan fingerprint density at radius 3 is 2.70 bits per heavy atom. The van der Waals surface area contributed by atoms with Crippen LogP contribution in [0.4, 0.5) is 14.5 Å². The van der Waals surface area contributed by atoms with E-state index in [4.69, 9.17) is 4.74 Å². The number of anilines is 1. The zero-order valence-corrected chi connectivity index (χ0v) is 12.7. The van der Waals surface area contributed by atoms with Gasteiger partial charge in [0.2, 0.25) is 0 Å². The number of rotatable bonds is 5. The Morgan fingerprint density at radius 2 is 2.10 bits per heavy atom. The van der Waals surface area contributed by atoms with Crippen LogP contribution in [0.5, 0.6) is 0 Å². The number of hydrogen-bond donors (Lipinski definition) is 1. The highest BCUT2D eigenvalue weighted by molar-refractivity contribution is 7.99. The highest BCUT2D eigenvalue weighted by Crippen LogP contribution is 2.30. The largest absolute Gasteiger partial charge is 0.382 e. The SMILES string of the molecule is CCC1(C)CC(Nc2ccc(SC(F)F)cc2)CCO1. The van der Waals surface area contributed by atoms with Crippen molar-refractivity contribution < 1.29 is 13.5 Å². The molecule has 1 heterocycles. The van der Waals surface area contributed by atoms with Gasteiger partial charge in [-0.05, 0) is 50.5 Å². The number of ether oxygens (including phenoxy) is 1. The second-order valence-electron chi connectivity index (χ2n) is 5.39. The Balaban J connectivity index is 1.93. The molecule has 0 spiro atoms. The molecule has 112 valence electrons. The average Bonchev–Trinajstić information content (AvgIpc) is 2.41. The molecule has 0 aliphatic carbocycles. The molecule has 2 nitrogen and oxygen atoms in total. The van der Waals surface area contributed by atoms with Gasteiger partial charge in [-0.3, -0.25) is 0 Å². The minimum atomic E-state index is -2.37. The standard InChI is InChI=1S/C15H21F2NOS/c1-3-15(2)10-12(8-9-19-15)18-11-4-6-13(7-5-11)20-14(16)17/h4-7,12,14,18H,3,8-10H2,1-2H3. The summed E-state index contributed by atoms with van der Waals surface area (Å²) in [5, 5.41) is 3.47. The molecule has 1 N–H and O–H groups in total. The van der Waals surface area contributed by atoms with E-state index in [1.165, 1.54) is 0 Å². The van der Waals surface area contributed by atoms with Gasteiger partial charge in [0, 0.05) is 23.2 Å². The van der Waals surface area contributed by atoms with Crippen LogP contribution in [0.25, 0.3) is 0 Å². The molecule has 2 atom stereocenters. The summed E-state index contributed by atoms with van der Waals surface area (Å²) in [5.41, 5.74) is 0.926. The maximum atomic E-state index is 12.3. The molecule has 1 aromatic rings. The molecule has 0 amide bonds. The van der Waals surface area contributed by atoms with Crippen molar-refractivity contribution in [3.63, 3.8) is 0 Å². The molecular formula is C15H21F2NOS. The molecule has 0 bridgehead atoms. The van der Waals surface area contributed by atoms with Gasteiger partial charge in [-0.15, -0.1) is 0 Å². The first-order valence-electron chi connectivity index (χ1n) is 6.96. The monoisotopic (exact) mass is 301 g/mol. The zero-order valence-electron chi connectivity index (χ0n) is 11.9. The number of hydrogen-bond acceptors (Lipinski definition) is 3. The van der Waals surface area contributed by atoms with Crippen LogP contribution in [0.15, 0.2) is 29.2 Å². The molecule has 1 aromatic carbocycles. The van der Waals surface area contributed by atoms with E-state index >= 15 is 0 Å². The Hall–Kier alpha value is -0.810. The molecule has 0 aromatic heterocycles. The van der Waals surface area contributed by atoms with E-state index in [9.17, 15) is 8.78 Å². The van der Waals surface area contributed by atoms with Gasteiger partial charge < -0.3 is 10.1 Å². The first-order chi connectivity index (χ1) is 9.50. The Kier molecular flexibility index (Phi) is 5.27. The highest BCUT2D eigenvalue weighted by Gasteiger charge is 2.31. The summed E-state index contributed by atoms with van der Waals surface area (Å²) in [6, 6.07) is 7.57. The third-order valence-electron chi connectivity index (χ3n) is 3.79. The molecule has 0 saturated carbocycles. The van der Waals surface area contributed by atoms with Crippen molar-refractivity contribution >= 4 is 17.4 Å². The molecule has 20 heavy (non-hydrogen) atoms. The highest BCUT2D eigenvalue weighted by atomic mass is 32.2. The van der Waals surface area contributed by atoms with E-state index in [2.05, 4.69) is 19.2 Å². The van der Waals surface area contributed by atoms with Gasteiger partial charge in [-0.1, -0.05) is 18.7 Å². The second kappa shape index (κ2) is 6.76. The van der Waals surface area contributed by atoms with Crippen molar-refractivity contribution in [1.29, 1.82) is 0 Å². The van der Waals surface area contributed by atoms with Crippen LogP contribution in [0, 0.1) is 0 Å². The molecule has 2 rings (SSSR count). The number of alkyl halides is 2. The first-order valence-corrected chi connectivity index (χ1v) is 7.84. The minimum absolute atomic E-state index is 0.0542. The Labute approximate surface area is 123 Å². The quantitative estimate of drug-likeness (QED) is 0.792. The summed E-state index contributed by atoms with van der Waals surface area (Å²) in [5.74, 6) is -2.37. The van der Waals surface area contributed by atoms with Gasteiger partial charge in [0.25, 0.3) is 5.76 Å². The van der Waals surface area contributed by atoms with E-state index in [1.54, 1.807) is 12.1 Å². The summed E-state index contributed by atoms with van der Waals surface area (Å²) in [6.07, 6.45) is 2.94. The average molecular weight is 301 g/mol. The summed E-state index contributed by atoms with van der Waals surface area (Å²) >= 11 is 0.575. The Bertz CT molecular complexity index is 426. The van der Waals surface area contributed by atoms with E-state index in [-0.39, 0.29) is 5.60 Å². The van der Waals surface area contributed by atoms with Crippen LogP contribution in [-0.2, 0) is 4.74 Å². The van der Waals surface area contributed by atoms with Crippen molar-refractivity contribution in [2.45, 2.75) is 55.4 Å². The van der Waals surface area contributed by atoms with Crippen molar-refractivity contribution in [3.8, 4) is 0 Å². The van der Waals surface area contributed by atoms with Crippen LogP contribution in [-0.4, -0.2) is 24.0 Å². The van der Waals surface area contributed by atoms with Gasteiger partial charge in [-0.2, -0.15) is 8.78 Å². The van der Waals surface area contributed by atoms with Crippen LogP contribution in [0.1, 0.15) is 33.1 Å².